The van der Waals surface area contributed by atoms with Gasteiger partial charge >= 0.3 is 0 Å². The summed E-state index contributed by atoms with van der Waals surface area (Å²) < 4.78 is 0. The van der Waals surface area contributed by atoms with Crippen molar-refractivity contribution in [2.45, 2.75) is 139 Å². The molecule has 7 fully saturated rings. The molecule has 2 heterocycles. The Morgan fingerprint density at radius 3 is 1.61 bits per heavy atom. The highest BCUT2D eigenvalue weighted by Crippen LogP contribution is 2.53. The molecule has 2 unspecified atom stereocenters. The van der Waals surface area contributed by atoms with E-state index in [1.54, 1.807) is 0 Å². The quantitative estimate of drug-likeness (QED) is 0.324. The molecule has 5 saturated carbocycles. The Morgan fingerprint density at radius 2 is 1.02 bits per heavy atom. The van der Waals surface area contributed by atoms with E-state index in [1.807, 2.05) is 0 Å². The Balaban J connectivity index is 0.895. The summed E-state index contributed by atoms with van der Waals surface area (Å²) in [5.74, 6) is 0.927. The number of nitrogens with one attached hydrogen (secondary N) is 4. The van der Waals surface area contributed by atoms with E-state index >= 15 is 0 Å². The lowest BCUT2D eigenvalue weighted by Gasteiger charge is -2.53. The molecule has 2 atom stereocenters. The molecule has 0 aromatic rings. The van der Waals surface area contributed by atoms with E-state index < -0.39 is 0 Å². The molecule has 7 rings (SSSR count). The average molecular weight is 641 g/mol. The van der Waals surface area contributed by atoms with Crippen LogP contribution in [-0.4, -0.2) is 97.4 Å². The molecule has 5 aliphatic carbocycles. The first kappa shape index (κ1) is 33.7. The molecule has 10 nitrogen and oxygen atoms in total. The molecule has 4 amide bonds. The number of fused-ring (bicyclic) bond motifs is 3. The first-order valence-corrected chi connectivity index (χ1v) is 18.7. The molecule has 0 spiro atoms. The van der Waals surface area contributed by atoms with Crippen molar-refractivity contribution in [1.29, 1.82) is 0 Å². The van der Waals surface area contributed by atoms with Crippen molar-refractivity contribution in [2.24, 2.45) is 23.2 Å². The van der Waals surface area contributed by atoms with Crippen LogP contribution in [0.3, 0.4) is 0 Å². The summed E-state index contributed by atoms with van der Waals surface area (Å²) in [6.07, 6.45) is 16.2. The molecule has 10 heteroatoms. The van der Waals surface area contributed by atoms with Gasteiger partial charge in [-0.25, -0.2) is 0 Å². The van der Waals surface area contributed by atoms with Crippen LogP contribution in [0.4, 0.5) is 0 Å². The summed E-state index contributed by atoms with van der Waals surface area (Å²) in [5, 5.41) is 13.5. The zero-order chi connectivity index (χ0) is 32.3. The number of piperidine rings is 2. The van der Waals surface area contributed by atoms with E-state index in [-0.39, 0.29) is 70.5 Å². The van der Waals surface area contributed by atoms with Gasteiger partial charge in [-0.15, -0.1) is 0 Å². The smallest absolute Gasteiger partial charge is 0.226 e. The molecule has 4 N–H and O–H groups in total. The number of nitrogens with zero attached hydrogens (tertiary/aromatic N) is 2. The summed E-state index contributed by atoms with van der Waals surface area (Å²) in [4.78, 5) is 57.3. The van der Waals surface area contributed by atoms with Gasteiger partial charge in [-0.3, -0.25) is 19.2 Å². The van der Waals surface area contributed by atoms with Gasteiger partial charge in [0.2, 0.25) is 23.6 Å². The molecule has 0 aromatic heterocycles. The summed E-state index contributed by atoms with van der Waals surface area (Å²) in [6.45, 7) is 3.96. The van der Waals surface area contributed by atoms with Crippen LogP contribution in [0.1, 0.15) is 116 Å². The molecule has 46 heavy (non-hydrogen) atoms. The van der Waals surface area contributed by atoms with Gasteiger partial charge in [-0.2, -0.15) is 0 Å². The number of likely N-dealkylation sites (tertiary alicyclic amines) is 2. The third-order valence-electron chi connectivity index (χ3n) is 13.0. The van der Waals surface area contributed by atoms with Gasteiger partial charge in [-0.1, -0.05) is 0 Å². The third kappa shape index (κ3) is 7.91. The summed E-state index contributed by atoms with van der Waals surface area (Å²) in [7, 11) is 4.20. The number of carbonyl (C=O) groups excluding carboxylic acids is 4. The van der Waals surface area contributed by atoms with Gasteiger partial charge in [0.05, 0.1) is 5.92 Å². The Kier molecular flexibility index (Phi) is 10.6. The van der Waals surface area contributed by atoms with Crippen LogP contribution in [0.25, 0.3) is 0 Å². The SMILES string of the molecule is CN1CCCC(NC(=O)C2CCC(NC(=O)C34CCC(NC(=O)C5CCC(NC(=O)C6CCCN(C)C6)CC5)(CC3)CC4)CC2)C1. The van der Waals surface area contributed by atoms with Crippen LogP contribution in [0, 0.1) is 23.2 Å². The second kappa shape index (κ2) is 14.5. The molecule has 0 radical (unpaired) electrons. The first-order chi connectivity index (χ1) is 22.1. The molecule has 2 saturated heterocycles. The number of carbonyl (C=O) groups is 4. The van der Waals surface area contributed by atoms with Crippen molar-refractivity contribution in [2.75, 3.05) is 40.3 Å². The lowest BCUT2D eigenvalue weighted by molar-refractivity contribution is -0.141. The van der Waals surface area contributed by atoms with Crippen molar-refractivity contribution in [3.8, 4) is 0 Å². The van der Waals surface area contributed by atoms with E-state index in [4.69, 9.17) is 0 Å². The van der Waals surface area contributed by atoms with Gasteiger partial charge < -0.3 is 31.1 Å². The fourth-order valence-electron chi connectivity index (χ4n) is 9.72. The van der Waals surface area contributed by atoms with Crippen LogP contribution in [0.15, 0.2) is 0 Å². The number of amides is 4. The third-order valence-corrected chi connectivity index (χ3v) is 13.0. The van der Waals surface area contributed by atoms with Crippen LogP contribution in [0.2, 0.25) is 0 Å². The molecule has 2 bridgehead atoms. The minimum atomic E-state index is -0.308. The molecular weight excluding hydrogens is 580 g/mol. The Labute approximate surface area is 276 Å². The predicted molar refractivity (Wildman–Crippen MR) is 178 cm³/mol. The number of rotatable bonds is 8. The zero-order valence-electron chi connectivity index (χ0n) is 28.5. The number of hydrogen-bond acceptors (Lipinski definition) is 6. The lowest BCUT2D eigenvalue weighted by atomic mass is 9.56. The van der Waals surface area contributed by atoms with Gasteiger partial charge in [0.15, 0.2) is 0 Å². The van der Waals surface area contributed by atoms with Crippen molar-refractivity contribution in [3.05, 3.63) is 0 Å². The second-order valence-electron chi connectivity index (χ2n) is 16.3. The topological polar surface area (TPSA) is 123 Å². The highest BCUT2D eigenvalue weighted by atomic mass is 16.2. The Bertz CT molecular complexity index is 1090. The van der Waals surface area contributed by atoms with Crippen LogP contribution in [-0.2, 0) is 19.2 Å². The maximum absolute atomic E-state index is 13.6. The van der Waals surface area contributed by atoms with Gasteiger partial charge in [0.25, 0.3) is 0 Å². The average Bonchev–Trinajstić information content (AvgIpc) is 3.06. The van der Waals surface area contributed by atoms with E-state index in [2.05, 4.69) is 45.2 Å². The maximum Gasteiger partial charge on any atom is 0.226 e. The van der Waals surface area contributed by atoms with Crippen molar-refractivity contribution < 1.29 is 19.2 Å². The van der Waals surface area contributed by atoms with Gasteiger partial charge in [0, 0.05) is 54.0 Å². The van der Waals surface area contributed by atoms with E-state index in [0.29, 0.717) is 0 Å². The summed E-state index contributed by atoms with van der Waals surface area (Å²) in [6, 6.07) is 0.602. The number of hydrogen-bond donors (Lipinski definition) is 4. The largest absolute Gasteiger partial charge is 0.353 e. The minimum Gasteiger partial charge on any atom is -0.353 e. The standard InChI is InChI=1S/C36H60N6O4/c1-41-21-3-5-27(23-41)32(44)37-28-11-9-26(10-12-28)33(45)40-36-18-15-35(16-19-36,17-20-36)34(46)39-29-13-7-25(8-14-29)31(43)38-30-6-4-22-42(2)24-30/h25-30H,3-24H2,1-2H3,(H,37,44)(H,38,43)(H,39,46)(H,40,45). The molecule has 0 aromatic carbocycles. The van der Waals surface area contributed by atoms with Gasteiger partial charge in [-0.05, 0) is 143 Å². The Hall–Kier alpha value is -2.20. The minimum absolute atomic E-state index is 0.0152. The second-order valence-corrected chi connectivity index (χ2v) is 16.3. The molecule has 258 valence electrons. The Morgan fingerprint density at radius 1 is 0.522 bits per heavy atom. The molecule has 7 aliphatic rings. The highest BCUT2D eigenvalue weighted by molar-refractivity contribution is 5.84. The maximum atomic E-state index is 13.6. The normalized spacial score (nSPS) is 38.8. The van der Waals surface area contributed by atoms with Crippen molar-refractivity contribution in [3.63, 3.8) is 0 Å². The molecular formula is C36H60N6O4. The molecule has 2 aliphatic heterocycles. The zero-order valence-corrected chi connectivity index (χ0v) is 28.5. The fourth-order valence-corrected chi connectivity index (χ4v) is 9.72. The van der Waals surface area contributed by atoms with E-state index in [0.717, 1.165) is 142 Å². The first-order valence-electron chi connectivity index (χ1n) is 18.7. The summed E-state index contributed by atoms with van der Waals surface area (Å²) >= 11 is 0. The monoisotopic (exact) mass is 640 g/mol. The van der Waals surface area contributed by atoms with Crippen LogP contribution in [0.5, 0.6) is 0 Å². The van der Waals surface area contributed by atoms with Gasteiger partial charge in [0.1, 0.15) is 0 Å². The van der Waals surface area contributed by atoms with Crippen LogP contribution < -0.4 is 21.3 Å². The van der Waals surface area contributed by atoms with E-state index in [9.17, 15) is 19.2 Å². The van der Waals surface area contributed by atoms with Crippen molar-refractivity contribution in [1.82, 2.24) is 31.1 Å². The lowest BCUT2D eigenvalue weighted by Crippen LogP contribution is -2.61. The summed E-state index contributed by atoms with van der Waals surface area (Å²) in [5.41, 5.74) is -0.479. The van der Waals surface area contributed by atoms with Crippen LogP contribution >= 0.6 is 0 Å². The fraction of sp³-hybridized carbons (Fsp3) is 0.889. The van der Waals surface area contributed by atoms with E-state index in [1.165, 1.54) is 0 Å². The number of likely N-dealkylation sites (N-methyl/N-ethyl adjacent to an activating group) is 1. The van der Waals surface area contributed by atoms with Crippen molar-refractivity contribution >= 4 is 23.6 Å². The highest BCUT2D eigenvalue weighted by Gasteiger charge is 2.53. The predicted octanol–water partition coefficient (Wildman–Crippen LogP) is 3.10.